The van der Waals surface area contributed by atoms with Gasteiger partial charge < -0.3 is 10.1 Å². The maximum absolute atomic E-state index is 5.55. The molecule has 3 heteroatoms. The molecule has 106 valence electrons. The van der Waals surface area contributed by atoms with E-state index in [1.165, 1.54) is 25.9 Å². The lowest BCUT2D eigenvalue weighted by Gasteiger charge is -2.36. The highest BCUT2D eigenvalue weighted by Gasteiger charge is 2.33. The monoisotopic (exact) mass is 254 g/mol. The minimum Gasteiger partial charge on any atom is -0.381 e. The molecule has 0 aliphatic carbocycles. The molecular weight excluding hydrogens is 224 g/mol. The average molecular weight is 254 g/mol. The van der Waals surface area contributed by atoms with Crippen LogP contribution in [0, 0.1) is 11.8 Å². The van der Waals surface area contributed by atoms with Gasteiger partial charge in [0.1, 0.15) is 0 Å². The van der Waals surface area contributed by atoms with E-state index in [1.807, 2.05) is 0 Å². The molecule has 0 amide bonds. The largest absolute Gasteiger partial charge is 0.381 e. The predicted molar refractivity (Wildman–Crippen MR) is 75.8 cm³/mol. The van der Waals surface area contributed by atoms with Gasteiger partial charge in [-0.2, -0.15) is 0 Å². The Hall–Kier alpha value is -0.120. The maximum atomic E-state index is 5.55. The lowest BCUT2D eigenvalue weighted by atomic mass is 9.96. The number of hydrogen-bond acceptors (Lipinski definition) is 3. The van der Waals surface area contributed by atoms with Crippen LogP contribution in [0.5, 0.6) is 0 Å². The second-order valence-electron chi connectivity index (χ2n) is 7.19. The van der Waals surface area contributed by atoms with Gasteiger partial charge in [0.15, 0.2) is 0 Å². The van der Waals surface area contributed by atoms with Crippen LogP contribution in [-0.4, -0.2) is 49.3 Å². The molecule has 2 aliphatic rings. The second-order valence-corrected chi connectivity index (χ2v) is 7.19. The molecular formula is C15H30N2O. The van der Waals surface area contributed by atoms with Gasteiger partial charge in [-0.25, -0.2) is 0 Å². The van der Waals surface area contributed by atoms with Crippen LogP contribution in [0.15, 0.2) is 0 Å². The van der Waals surface area contributed by atoms with Crippen molar-refractivity contribution in [2.45, 2.75) is 52.1 Å². The standard InChI is InChI=1S/C15H30N2O/c1-12-11-18-8-6-14(12)17-7-5-13(10-17)9-16-15(2,3)4/h12-14,16H,5-11H2,1-4H3. The number of likely N-dealkylation sites (tertiary alicyclic amines) is 1. The highest BCUT2D eigenvalue weighted by molar-refractivity contribution is 4.87. The Labute approximate surface area is 112 Å². The van der Waals surface area contributed by atoms with E-state index in [0.29, 0.717) is 5.92 Å². The summed E-state index contributed by atoms with van der Waals surface area (Å²) in [4.78, 5) is 2.71. The van der Waals surface area contributed by atoms with Crippen LogP contribution >= 0.6 is 0 Å². The van der Waals surface area contributed by atoms with Crippen molar-refractivity contribution in [2.24, 2.45) is 11.8 Å². The van der Waals surface area contributed by atoms with Gasteiger partial charge in [0.2, 0.25) is 0 Å². The van der Waals surface area contributed by atoms with Crippen molar-refractivity contribution in [3.8, 4) is 0 Å². The summed E-state index contributed by atoms with van der Waals surface area (Å²) >= 11 is 0. The fraction of sp³-hybridized carbons (Fsp3) is 1.00. The van der Waals surface area contributed by atoms with Crippen molar-refractivity contribution in [1.82, 2.24) is 10.2 Å². The molecule has 1 N–H and O–H groups in total. The molecule has 2 fully saturated rings. The second kappa shape index (κ2) is 5.89. The summed E-state index contributed by atoms with van der Waals surface area (Å²) < 4.78 is 5.55. The number of hydrogen-bond donors (Lipinski definition) is 1. The quantitative estimate of drug-likeness (QED) is 0.835. The molecule has 2 aliphatic heterocycles. The van der Waals surface area contributed by atoms with Gasteiger partial charge in [-0.3, -0.25) is 4.90 Å². The zero-order valence-electron chi connectivity index (χ0n) is 12.5. The zero-order chi connectivity index (χ0) is 13.2. The van der Waals surface area contributed by atoms with Gasteiger partial charge in [0.25, 0.3) is 0 Å². The Morgan fingerprint density at radius 2 is 2.06 bits per heavy atom. The van der Waals surface area contributed by atoms with Gasteiger partial charge in [0.05, 0.1) is 6.61 Å². The third kappa shape index (κ3) is 3.94. The molecule has 2 heterocycles. The fourth-order valence-corrected chi connectivity index (χ4v) is 3.19. The van der Waals surface area contributed by atoms with Crippen molar-refractivity contribution in [3.63, 3.8) is 0 Å². The van der Waals surface area contributed by atoms with Crippen LogP contribution in [0.3, 0.4) is 0 Å². The van der Waals surface area contributed by atoms with Crippen molar-refractivity contribution >= 4 is 0 Å². The van der Waals surface area contributed by atoms with E-state index >= 15 is 0 Å². The fourth-order valence-electron chi connectivity index (χ4n) is 3.19. The Kier molecular flexibility index (Phi) is 4.68. The summed E-state index contributed by atoms with van der Waals surface area (Å²) in [6, 6.07) is 0.762. The van der Waals surface area contributed by atoms with Crippen LogP contribution in [0.2, 0.25) is 0 Å². The smallest absolute Gasteiger partial charge is 0.0506 e. The van der Waals surface area contributed by atoms with E-state index in [1.54, 1.807) is 0 Å². The lowest BCUT2D eigenvalue weighted by molar-refractivity contribution is 0.000390. The van der Waals surface area contributed by atoms with Crippen LogP contribution < -0.4 is 5.32 Å². The van der Waals surface area contributed by atoms with E-state index in [4.69, 9.17) is 4.74 Å². The van der Waals surface area contributed by atoms with E-state index in [9.17, 15) is 0 Å². The first kappa shape index (κ1) is 14.3. The number of nitrogens with one attached hydrogen (secondary N) is 1. The predicted octanol–water partition coefficient (Wildman–Crippen LogP) is 2.12. The van der Waals surface area contributed by atoms with Gasteiger partial charge >= 0.3 is 0 Å². The normalized spacial score (nSPS) is 35.0. The van der Waals surface area contributed by atoms with E-state index < -0.39 is 0 Å². The van der Waals surface area contributed by atoms with Crippen LogP contribution in [0.25, 0.3) is 0 Å². The minimum atomic E-state index is 0.249. The van der Waals surface area contributed by atoms with Crippen LogP contribution in [-0.2, 0) is 4.74 Å². The molecule has 0 aromatic carbocycles. The van der Waals surface area contributed by atoms with Crippen molar-refractivity contribution in [3.05, 3.63) is 0 Å². The molecule has 3 atom stereocenters. The summed E-state index contributed by atoms with van der Waals surface area (Å²) in [6.45, 7) is 14.7. The Morgan fingerprint density at radius 1 is 1.28 bits per heavy atom. The van der Waals surface area contributed by atoms with Crippen LogP contribution in [0.4, 0.5) is 0 Å². The highest BCUT2D eigenvalue weighted by atomic mass is 16.5. The third-order valence-electron chi connectivity index (χ3n) is 4.30. The van der Waals surface area contributed by atoms with Crippen molar-refractivity contribution in [1.29, 1.82) is 0 Å². The zero-order valence-corrected chi connectivity index (χ0v) is 12.5. The Balaban J connectivity index is 1.77. The molecule has 3 nitrogen and oxygen atoms in total. The van der Waals surface area contributed by atoms with E-state index in [-0.39, 0.29) is 5.54 Å². The van der Waals surface area contributed by atoms with Gasteiger partial charge in [0, 0.05) is 24.7 Å². The molecule has 18 heavy (non-hydrogen) atoms. The molecule has 3 unspecified atom stereocenters. The van der Waals surface area contributed by atoms with Gasteiger partial charge in [-0.05, 0) is 58.5 Å². The average Bonchev–Trinajstić information content (AvgIpc) is 2.75. The summed E-state index contributed by atoms with van der Waals surface area (Å²) in [6.07, 6.45) is 2.58. The molecule has 0 aromatic heterocycles. The van der Waals surface area contributed by atoms with Gasteiger partial charge in [-0.15, -0.1) is 0 Å². The SMILES string of the molecule is CC1COCCC1N1CCC(CNC(C)(C)C)C1. The lowest BCUT2D eigenvalue weighted by Crippen LogP contribution is -2.44. The highest BCUT2D eigenvalue weighted by Crippen LogP contribution is 2.26. The molecule has 0 bridgehead atoms. The first-order valence-electron chi connectivity index (χ1n) is 7.52. The molecule has 2 rings (SSSR count). The Morgan fingerprint density at radius 3 is 2.72 bits per heavy atom. The third-order valence-corrected chi connectivity index (χ3v) is 4.30. The number of nitrogens with zero attached hydrogens (tertiary/aromatic N) is 1. The first-order valence-corrected chi connectivity index (χ1v) is 7.52. The topological polar surface area (TPSA) is 24.5 Å². The number of ether oxygens (including phenoxy) is 1. The van der Waals surface area contributed by atoms with Crippen LogP contribution in [0.1, 0.15) is 40.5 Å². The molecule has 2 saturated heterocycles. The summed E-state index contributed by atoms with van der Waals surface area (Å²) in [5, 5.41) is 3.65. The van der Waals surface area contributed by atoms with E-state index in [2.05, 4.69) is 37.9 Å². The molecule has 0 radical (unpaired) electrons. The summed E-state index contributed by atoms with van der Waals surface area (Å²) in [5.41, 5.74) is 0.249. The first-order chi connectivity index (χ1) is 8.46. The molecule has 0 saturated carbocycles. The van der Waals surface area contributed by atoms with Crippen molar-refractivity contribution < 1.29 is 4.74 Å². The Bertz CT molecular complexity index is 262. The minimum absolute atomic E-state index is 0.249. The summed E-state index contributed by atoms with van der Waals surface area (Å²) in [7, 11) is 0. The molecule has 0 aromatic rings. The maximum Gasteiger partial charge on any atom is 0.0506 e. The number of rotatable bonds is 3. The van der Waals surface area contributed by atoms with Crippen molar-refractivity contribution in [2.75, 3.05) is 32.8 Å². The molecule has 0 spiro atoms. The van der Waals surface area contributed by atoms with E-state index in [0.717, 1.165) is 31.7 Å². The summed E-state index contributed by atoms with van der Waals surface area (Å²) in [5.74, 6) is 1.53. The van der Waals surface area contributed by atoms with Gasteiger partial charge in [-0.1, -0.05) is 6.92 Å².